The Morgan fingerprint density at radius 1 is 1.11 bits per heavy atom. The number of nitrogens with zero attached hydrogens (tertiary/aromatic N) is 3. The van der Waals surface area contributed by atoms with Gasteiger partial charge in [-0.25, -0.2) is 13.1 Å². The first-order valence-corrected chi connectivity index (χ1v) is 11.6. The van der Waals surface area contributed by atoms with Crippen molar-refractivity contribution in [2.24, 2.45) is 5.92 Å². The molecule has 0 aliphatic heterocycles. The molecule has 1 fully saturated rings. The molecule has 1 aromatic carbocycles. The Balaban J connectivity index is 1.48. The summed E-state index contributed by atoms with van der Waals surface area (Å²) in [6.45, 7) is 2.14. The van der Waals surface area contributed by atoms with Gasteiger partial charge in [0, 0.05) is 23.7 Å². The third-order valence-corrected chi connectivity index (χ3v) is 6.77. The summed E-state index contributed by atoms with van der Waals surface area (Å²) in [5.41, 5.74) is 4.93. The van der Waals surface area contributed by atoms with Gasteiger partial charge in [0.1, 0.15) is 0 Å². The van der Waals surface area contributed by atoms with Crippen LogP contribution < -0.4 is 0 Å². The van der Waals surface area contributed by atoms with E-state index in [9.17, 15) is 8.42 Å². The predicted molar refractivity (Wildman–Crippen MR) is 111 cm³/mol. The van der Waals surface area contributed by atoms with Crippen LogP contribution in [-0.4, -0.2) is 28.9 Å². The Bertz CT molecular complexity index is 1050. The van der Waals surface area contributed by atoms with Gasteiger partial charge in [0.2, 0.25) is 0 Å². The van der Waals surface area contributed by atoms with Gasteiger partial charge in [0.05, 0.1) is 23.4 Å². The highest BCUT2D eigenvalue weighted by Gasteiger charge is 2.27. The molecular weight excluding hydrogens is 370 g/mol. The van der Waals surface area contributed by atoms with Crippen molar-refractivity contribution in [2.45, 2.75) is 38.4 Å². The number of aromatic nitrogens is 3. The fraction of sp³-hybridized carbons (Fsp3) is 0.364. The maximum atomic E-state index is 12.2. The molecule has 3 aromatic rings. The topological polar surface area (TPSA) is 64.8 Å². The Hall–Kier alpha value is -2.47. The number of benzene rings is 1. The summed E-state index contributed by atoms with van der Waals surface area (Å²) < 4.78 is 26.3. The molecule has 1 aliphatic rings. The lowest BCUT2D eigenvalue weighted by molar-refractivity contribution is 0.591. The maximum Gasteiger partial charge on any atom is 0.154 e. The average molecular weight is 396 g/mol. The van der Waals surface area contributed by atoms with Crippen molar-refractivity contribution in [2.75, 3.05) is 5.75 Å². The summed E-state index contributed by atoms with van der Waals surface area (Å²) in [5, 5.41) is 4.48. The number of hydrogen-bond acceptors (Lipinski definition) is 4. The summed E-state index contributed by atoms with van der Waals surface area (Å²) in [6, 6.07) is 11.8. The quantitative estimate of drug-likeness (QED) is 0.573. The molecule has 0 saturated heterocycles. The van der Waals surface area contributed by atoms with Crippen molar-refractivity contribution >= 4 is 9.84 Å². The average Bonchev–Trinajstić information content (AvgIpc) is 3.33. The summed E-state index contributed by atoms with van der Waals surface area (Å²) in [6.07, 6.45) is 9.76. The Kier molecular flexibility index (Phi) is 5.31. The third-order valence-electron chi connectivity index (χ3n) is 5.01. The van der Waals surface area contributed by atoms with E-state index in [-0.39, 0.29) is 5.75 Å². The zero-order chi connectivity index (χ0) is 19.6. The highest BCUT2D eigenvalue weighted by atomic mass is 32.2. The maximum absolute atomic E-state index is 12.2. The molecule has 0 amide bonds. The molecule has 1 saturated carbocycles. The zero-order valence-corrected chi connectivity index (χ0v) is 16.9. The zero-order valence-electron chi connectivity index (χ0n) is 16.1. The molecule has 0 bridgehead atoms. The van der Waals surface area contributed by atoms with E-state index in [2.05, 4.69) is 23.1 Å². The van der Waals surface area contributed by atoms with Gasteiger partial charge in [-0.15, -0.1) is 0 Å². The van der Waals surface area contributed by atoms with E-state index in [1.54, 1.807) is 0 Å². The fourth-order valence-electron chi connectivity index (χ4n) is 3.36. The molecule has 0 spiro atoms. The number of aryl methyl sites for hydroxylation is 1. The van der Waals surface area contributed by atoms with E-state index in [0.29, 0.717) is 11.7 Å². The van der Waals surface area contributed by atoms with Crippen molar-refractivity contribution in [3.63, 3.8) is 0 Å². The van der Waals surface area contributed by atoms with E-state index in [0.717, 1.165) is 53.8 Å². The van der Waals surface area contributed by atoms with Crippen molar-refractivity contribution in [1.82, 2.24) is 14.8 Å². The molecule has 0 radical (unpaired) electrons. The molecule has 5 nitrogen and oxygen atoms in total. The van der Waals surface area contributed by atoms with Gasteiger partial charge in [0.15, 0.2) is 9.84 Å². The van der Waals surface area contributed by atoms with Gasteiger partial charge in [-0.2, -0.15) is 5.10 Å². The van der Waals surface area contributed by atoms with E-state index >= 15 is 0 Å². The van der Waals surface area contributed by atoms with Crippen LogP contribution in [0.2, 0.25) is 0 Å². The molecule has 0 atom stereocenters. The lowest BCUT2D eigenvalue weighted by atomic mass is 10.1. The molecule has 1 aliphatic carbocycles. The van der Waals surface area contributed by atoms with Gasteiger partial charge < -0.3 is 0 Å². The normalized spacial score (nSPS) is 14.3. The second-order valence-corrected chi connectivity index (χ2v) is 9.73. The second-order valence-electron chi connectivity index (χ2n) is 7.62. The SMILES string of the molecule is CCCc1cc(-n2cc(-c3ccc(CS(=O)(=O)CC4CC4)cc3)cn2)ccn1. The molecule has 0 N–H and O–H groups in total. The van der Waals surface area contributed by atoms with Crippen LogP contribution in [0.5, 0.6) is 0 Å². The highest BCUT2D eigenvalue weighted by Crippen LogP contribution is 2.31. The molecule has 2 heterocycles. The van der Waals surface area contributed by atoms with Gasteiger partial charge in [-0.05, 0) is 48.4 Å². The monoisotopic (exact) mass is 395 g/mol. The Labute approximate surface area is 166 Å². The molecule has 6 heteroatoms. The van der Waals surface area contributed by atoms with Crippen LogP contribution in [0.1, 0.15) is 37.4 Å². The fourth-order valence-corrected chi connectivity index (χ4v) is 5.23. The molecular formula is C22H25N3O2S. The predicted octanol–water partition coefficient (Wildman–Crippen LogP) is 4.21. The largest absolute Gasteiger partial charge is 0.261 e. The Morgan fingerprint density at radius 2 is 1.89 bits per heavy atom. The van der Waals surface area contributed by atoms with E-state index < -0.39 is 9.84 Å². The molecule has 2 aromatic heterocycles. The van der Waals surface area contributed by atoms with E-state index in [1.807, 2.05) is 53.6 Å². The molecule has 0 unspecified atom stereocenters. The highest BCUT2D eigenvalue weighted by molar-refractivity contribution is 7.90. The van der Waals surface area contributed by atoms with Crippen molar-refractivity contribution in [3.8, 4) is 16.8 Å². The molecule has 146 valence electrons. The van der Waals surface area contributed by atoms with Crippen LogP contribution in [0.15, 0.2) is 55.0 Å². The standard InChI is InChI=1S/C22H25N3O2S/c1-2-3-21-12-22(10-11-23-21)25-14-20(13-24-25)19-8-6-18(7-9-19)16-28(26,27)15-17-4-5-17/h6-14,17H,2-5,15-16H2,1H3. The van der Waals surface area contributed by atoms with Gasteiger partial charge in [-0.1, -0.05) is 37.6 Å². The summed E-state index contributed by atoms with van der Waals surface area (Å²) in [7, 11) is -3.01. The van der Waals surface area contributed by atoms with E-state index in [1.165, 1.54) is 0 Å². The smallest absolute Gasteiger partial charge is 0.154 e. The van der Waals surface area contributed by atoms with Crippen molar-refractivity contribution in [3.05, 3.63) is 66.2 Å². The van der Waals surface area contributed by atoms with Crippen LogP contribution >= 0.6 is 0 Å². The number of pyridine rings is 1. The molecule has 4 rings (SSSR count). The van der Waals surface area contributed by atoms with Crippen LogP contribution in [-0.2, 0) is 22.0 Å². The summed E-state index contributed by atoms with van der Waals surface area (Å²) in [4.78, 5) is 4.39. The van der Waals surface area contributed by atoms with Crippen molar-refractivity contribution in [1.29, 1.82) is 0 Å². The summed E-state index contributed by atoms with van der Waals surface area (Å²) in [5.74, 6) is 0.842. The minimum absolute atomic E-state index is 0.125. The first-order chi connectivity index (χ1) is 13.5. The van der Waals surface area contributed by atoms with Crippen LogP contribution in [0.3, 0.4) is 0 Å². The van der Waals surface area contributed by atoms with E-state index in [4.69, 9.17) is 0 Å². The minimum Gasteiger partial charge on any atom is -0.261 e. The first-order valence-electron chi connectivity index (χ1n) is 9.82. The Morgan fingerprint density at radius 3 is 2.61 bits per heavy atom. The van der Waals surface area contributed by atoms with Gasteiger partial charge >= 0.3 is 0 Å². The molecule has 28 heavy (non-hydrogen) atoms. The minimum atomic E-state index is -3.01. The number of sulfone groups is 1. The van der Waals surface area contributed by atoms with Crippen LogP contribution in [0.4, 0.5) is 0 Å². The van der Waals surface area contributed by atoms with Crippen LogP contribution in [0, 0.1) is 5.92 Å². The second kappa shape index (κ2) is 7.87. The number of hydrogen-bond donors (Lipinski definition) is 0. The summed E-state index contributed by atoms with van der Waals surface area (Å²) >= 11 is 0. The van der Waals surface area contributed by atoms with Gasteiger partial charge in [-0.3, -0.25) is 4.98 Å². The lowest BCUT2D eigenvalue weighted by Crippen LogP contribution is -2.10. The number of rotatable bonds is 8. The van der Waals surface area contributed by atoms with Crippen LogP contribution in [0.25, 0.3) is 16.8 Å². The van der Waals surface area contributed by atoms with Crippen molar-refractivity contribution < 1.29 is 8.42 Å². The lowest BCUT2D eigenvalue weighted by Gasteiger charge is -2.05. The van der Waals surface area contributed by atoms with Gasteiger partial charge in [0.25, 0.3) is 0 Å². The third kappa shape index (κ3) is 4.68. The first kappa shape index (κ1) is 18.9.